The van der Waals surface area contributed by atoms with Crippen LogP contribution >= 0.6 is 0 Å². The summed E-state index contributed by atoms with van der Waals surface area (Å²) in [6.07, 6.45) is 0. The van der Waals surface area contributed by atoms with E-state index in [9.17, 15) is 0 Å². The Morgan fingerprint density at radius 3 is 2.80 bits per heavy atom. The van der Waals surface area contributed by atoms with Gasteiger partial charge in [0.25, 0.3) is 0 Å². The van der Waals surface area contributed by atoms with Gasteiger partial charge in [-0.25, -0.2) is 9.97 Å². The fraction of sp³-hybridized carbons (Fsp3) is 0.267. The van der Waals surface area contributed by atoms with E-state index in [1.54, 1.807) is 12.1 Å². The molecule has 2 rings (SSSR count). The van der Waals surface area contributed by atoms with Crippen molar-refractivity contribution >= 4 is 11.6 Å². The second-order valence-corrected chi connectivity index (χ2v) is 4.86. The van der Waals surface area contributed by atoms with Crippen molar-refractivity contribution in [2.24, 2.45) is 0 Å². The number of nitrogens with two attached hydrogens (primary N) is 1. The van der Waals surface area contributed by atoms with Crippen molar-refractivity contribution < 1.29 is 0 Å². The zero-order chi connectivity index (χ0) is 14.5. The summed E-state index contributed by atoms with van der Waals surface area (Å²) >= 11 is 0. The highest BCUT2D eigenvalue weighted by atomic mass is 15.0. The first-order valence-electron chi connectivity index (χ1n) is 6.46. The molecule has 0 saturated carbocycles. The predicted molar refractivity (Wildman–Crippen MR) is 79.0 cm³/mol. The monoisotopic (exact) mass is 267 g/mol. The summed E-state index contributed by atoms with van der Waals surface area (Å²) in [7, 11) is 0. The van der Waals surface area contributed by atoms with Crippen molar-refractivity contribution in [2.45, 2.75) is 26.3 Å². The molecule has 5 heteroatoms. The van der Waals surface area contributed by atoms with Crippen LogP contribution in [0.4, 0.5) is 11.6 Å². The van der Waals surface area contributed by atoms with Gasteiger partial charge in [-0.2, -0.15) is 5.26 Å². The van der Waals surface area contributed by atoms with Crippen LogP contribution < -0.4 is 11.1 Å². The SMILES string of the molecule is CC(C)c1nc(N)cc(NCc2cccc(C#N)c2)n1. The van der Waals surface area contributed by atoms with Crippen LogP contribution in [0.25, 0.3) is 0 Å². The van der Waals surface area contributed by atoms with E-state index in [1.807, 2.05) is 32.0 Å². The molecule has 0 saturated heterocycles. The smallest absolute Gasteiger partial charge is 0.135 e. The third kappa shape index (κ3) is 3.45. The first-order chi connectivity index (χ1) is 9.58. The van der Waals surface area contributed by atoms with Crippen molar-refractivity contribution in [3.63, 3.8) is 0 Å². The zero-order valence-electron chi connectivity index (χ0n) is 11.6. The Morgan fingerprint density at radius 2 is 2.10 bits per heavy atom. The van der Waals surface area contributed by atoms with Crippen LogP contribution in [0.15, 0.2) is 30.3 Å². The van der Waals surface area contributed by atoms with Gasteiger partial charge in [0, 0.05) is 18.5 Å². The highest BCUT2D eigenvalue weighted by Crippen LogP contribution is 2.16. The van der Waals surface area contributed by atoms with Gasteiger partial charge >= 0.3 is 0 Å². The molecule has 0 unspecified atom stereocenters. The standard InChI is InChI=1S/C15H17N5/c1-10(2)15-19-13(17)7-14(20-15)18-9-12-5-3-4-11(6-12)8-16/h3-7,10H,9H2,1-2H3,(H3,17,18,19,20). The van der Waals surface area contributed by atoms with E-state index in [0.29, 0.717) is 23.7 Å². The maximum absolute atomic E-state index is 8.87. The highest BCUT2D eigenvalue weighted by molar-refractivity contribution is 5.45. The lowest BCUT2D eigenvalue weighted by Gasteiger charge is -2.10. The number of benzene rings is 1. The molecule has 1 heterocycles. The Hall–Kier alpha value is -2.61. The van der Waals surface area contributed by atoms with Crippen molar-refractivity contribution in [1.29, 1.82) is 5.26 Å². The molecule has 0 aliphatic heterocycles. The number of nitriles is 1. The van der Waals surface area contributed by atoms with Gasteiger partial charge in [-0.3, -0.25) is 0 Å². The van der Waals surface area contributed by atoms with Gasteiger partial charge in [0.2, 0.25) is 0 Å². The molecule has 1 aromatic heterocycles. The first-order valence-corrected chi connectivity index (χ1v) is 6.46. The Labute approximate surface area is 118 Å². The maximum Gasteiger partial charge on any atom is 0.135 e. The Bertz CT molecular complexity index is 643. The van der Waals surface area contributed by atoms with Crippen molar-refractivity contribution in [3.05, 3.63) is 47.3 Å². The van der Waals surface area contributed by atoms with Gasteiger partial charge < -0.3 is 11.1 Å². The number of anilines is 2. The third-order valence-corrected chi connectivity index (χ3v) is 2.81. The fourth-order valence-corrected chi connectivity index (χ4v) is 1.78. The van der Waals surface area contributed by atoms with E-state index in [2.05, 4.69) is 21.4 Å². The van der Waals surface area contributed by atoms with Crippen LogP contribution in [0.3, 0.4) is 0 Å². The molecule has 0 radical (unpaired) electrons. The molecule has 3 N–H and O–H groups in total. The van der Waals surface area contributed by atoms with Crippen LogP contribution in [-0.2, 0) is 6.54 Å². The molecular formula is C15H17N5. The minimum atomic E-state index is 0.223. The quantitative estimate of drug-likeness (QED) is 0.889. The van der Waals surface area contributed by atoms with Gasteiger partial charge in [0.05, 0.1) is 11.6 Å². The summed E-state index contributed by atoms with van der Waals surface area (Å²) in [5.74, 6) is 2.10. The third-order valence-electron chi connectivity index (χ3n) is 2.81. The average molecular weight is 267 g/mol. The summed E-state index contributed by atoms with van der Waals surface area (Å²) in [6.45, 7) is 4.63. The first kappa shape index (κ1) is 13.8. The van der Waals surface area contributed by atoms with Crippen molar-refractivity contribution in [3.8, 4) is 6.07 Å². The Kier molecular flexibility index (Phi) is 4.16. The molecule has 0 aliphatic rings. The number of rotatable bonds is 4. The zero-order valence-corrected chi connectivity index (χ0v) is 11.6. The fourth-order valence-electron chi connectivity index (χ4n) is 1.78. The number of hydrogen-bond acceptors (Lipinski definition) is 5. The van der Waals surface area contributed by atoms with Crippen LogP contribution in [0, 0.1) is 11.3 Å². The van der Waals surface area contributed by atoms with Crippen LogP contribution in [0.5, 0.6) is 0 Å². The molecule has 0 amide bonds. The van der Waals surface area contributed by atoms with Crippen LogP contribution in [0.2, 0.25) is 0 Å². The van der Waals surface area contributed by atoms with Gasteiger partial charge in [-0.1, -0.05) is 26.0 Å². The van der Waals surface area contributed by atoms with E-state index in [1.165, 1.54) is 0 Å². The number of hydrogen-bond donors (Lipinski definition) is 2. The second kappa shape index (κ2) is 6.02. The molecule has 0 aliphatic carbocycles. The van der Waals surface area contributed by atoms with Crippen LogP contribution in [-0.4, -0.2) is 9.97 Å². The number of aromatic nitrogens is 2. The summed E-state index contributed by atoms with van der Waals surface area (Å²) < 4.78 is 0. The Morgan fingerprint density at radius 1 is 1.30 bits per heavy atom. The van der Waals surface area contributed by atoms with Crippen molar-refractivity contribution in [2.75, 3.05) is 11.1 Å². The Balaban J connectivity index is 2.12. The second-order valence-electron chi connectivity index (χ2n) is 4.86. The minimum absolute atomic E-state index is 0.223. The lowest BCUT2D eigenvalue weighted by Crippen LogP contribution is -2.07. The molecule has 0 bridgehead atoms. The molecule has 1 aromatic carbocycles. The number of nitrogen functional groups attached to an aromatic ring is 1. The van der Waals surface area contributed by atoms with Gasteiger partial charge in [0.1, 0.15) is 17.5 Å². The lowest BCUT2D eigenvalue weighted by molar-refractivity contribution is 0.777. The van der Waals surface area contributed by atoms with Crippen LogP contribution in [0.1, 0.15) is 36.7 Å². The summed E-state index contributed by atoms with van der Waals surface area (Å²) in [5, 5.41) is 12.1. The van der Waals surface area contributed by atoms with E-state index in [-0.39, 0.29) is 5.92 Å². The maximum atomic E-state index is 8.87. The normalized spacial score (nSPS) is 10.3. The van der Waals surface area contributed by atoms with Gasteiger partial charge in [-0.05, 0) is 17.7 Å². The molecule has 0 fully saturated rings. The number of nitrogens with zero attached hydrogens (tertiary/aromatic N) is 3. The molecule has 5 nitrogen and oxygen atoms in total. The lowest BCUT2D eigenvalue weighted by atomic mass is 10.1. The predicted octanol–water partition coefficient (Wildman–Crippen LogP) is 2.67. The van der Waals surface area contributed by atoms with Crippen molar-refractivity contribution in [1.82, 2.24) is 9.97 Å². The minimum Gasteiger partial charge on any atom is -0.384 e. The molecule has 2 aromatic rings. The molecule has 0 spiro atoms. The number of nitrogens with one attached hydrogen (secondary N) is 1. The van der Waals surface area contributed by atoms with E-state index in [4.69, 9.17) is 11.0 Å². The van der Waals surface area contributed by atoms with Gasteiger partial charge in [0.15, 0.2) is 0 Å². The topological polar surface area (TPSA) is 87.6 Å². The molecule has 20 heavy (non-hydrogen) atoms. The van der Waals surface area contributed by atoms with E-state index in [0.717, 1.165) is 11.4 Å². The average Bonchev–Trinajstić information content (AvgIpc) is 2.44. The summed E-state index contributed by atoms with van der Waals surface area (Å²) in [6, 6.07) is 11.3. The molecular weight excluding hydrogens is 250 g/mol. The molecule has 0 atom stereocenters. The summed E-state index contributed by atoms with van der Waals surface area (Å²) in [5.41, 5.74) is 7.45. The van der Waals surface area contributed by atoms with E-state index < -0.39 is 0 Å². The molecule has 102 valence electrons. The largest absolute Gasteiger partial charge is 0.384 e. The van der Waals surface area contributed by atoms with E-state index >= 15 is 0 Å². The van der Waals surface area contributed by atoms with Gasteiger partial charge in [-0.15, -0.1) is 0 Å². The summed E-state index contributed by atoms with van der Waals surface area (Å²) in [4.78, 5) is 8.62. The highest BCUT2D eigenvalue weighted by Gasteiger charge is 2.06.